The number of ketones is 1. The van der Waals surface area contributed by atoms with Crippen molar-refractivity contribution in [3.8, 4) is 16.4 Å². The van der Waals surface area contributed by atoms with Crippen LogP contribution in [-0.2, 0) is 23.8 Å². The lowest BCUT2D eigenvalue weighted by molar-refractivity contribution is -0.141. The molecule has 0 aliphatic heterocycles. The third-order valence-electron chi connectivity index (χ3n) is 6.31. The van der Waals surface area contributed by atoms with Crippen molar-refractivity contribution < 1.29 is 22.8 Å². The molecular weight excluding hydrogens is 517 g/mol. The molecule has 1 amide bonds. The van der Waals surface area contributed by atoms with Crippen molar-refractivity contribution in [2.45, 2.75) is 38.3 Å². The first kappa shape index (κ1) is 25.7. The van der Waals surface area contributed by atoms with E-state index in [1.165, 1.54) is 11.3 Å². The third kappa shape index (κ3) is 5.64. The number of carbonyl (C=O) groups is 2. The average Bonchev–Trinajstić information content (AvgIpc) is 3.57. The van der Waals surface area contributed by atoms with Gasteiger partial charge in [0.05, 0.1) is 23.1 Å². The zero-order valence-electron chi connectivity index (χ0n) is 20.1. The Morgan fingerprint density at radius 3 is 2.71 bits per heavy atom. The fourth-order valence-corrected chi connectivity index (χ4v) is 5.54. The molecule has 0 fully saturated rings. The third-order valence-corrected chi connectivity index (χ3v) is 7.45. The number of Topliss-reactive ketones (excluding diaryl/α,β-unsaturated/α-hetero) is 1. The smallest absolute Gasteiger partial charge is 0.352 e. The van der Waals surface area contributed by atoms with Crippen LogP contribution in [0, 0.1) is 5.92 Å². The Labute approximate surface area is 220 Å². The molecule has 8 nitrogen and oxygen atoms in total. The van der Waals surface area contributed by atoms with Crippen molar-refractivity contribution in [3.63, 3.8) is 0 Å². The summed E-state index contributed by atoms with van der Waals surface area (Å²) in [5.74, 6) is -0.947. The van der Waals surface area contributed by atoms with Gasteiger partial charge in [0.25, 0.3) is 5.91 Å². The average molecular weight is 541 g/mol. The van der Waals surface area contributed by atoms with E-state index < -0.39 is 23.3 Å². The molecule has 1 aliphatic rings. The number of rotatable bonds is 8. The van der Waals surface area contributed by atoms with Gasteiger partial charge in [0.2, 0.25) is 0 Å². The summed E-state index contributed by atoms with van der Waals surface area (Å²) in [4.78, 5) is 39.5. The van der Waals surface area contributed by atoms with Crippen LogP contribution in [0.25, 0.3) is 16.4 Å². The van der Waals surface area contributed by atoms with Crippen molar-refractivity contribution >= 4 is 23.0 Å². The van der Waals surface area contributed by atoms with Crippen LogP contribution in [-0.4, -0.2) is 43.0 Å². The summed E-state index contributed by atoms with van der Waals surface area (Å²) in [6, 6.07) is 8.25. The molecule has 38 heavy (non-hydrogen) atoms. The number of halogens is 3. The van der Waals surface area contributed by atoms with Crippen molar-refractivity contribution in [2.75, 3.05) is 6.54 Å². The van der Waals surface area contributed by atoms with Crippen LogP contribution in [0.3, 0.4) is 0 Å². The van der Waals surface area contributed by atoms with Crippen LogP contribution in [0.2, 0.25) is 0 Å². The number of amides is 1. The number of nitrogens with one attached hydrogen (secondary N) is 1. The van der Waals surface area contributed by atoms with E-state index in [4.69, 9.17) is 0 Å². The van der Waals surface area contributed by atoms with Gasteiger partial charge in [-0.05, 0) is 37.8 Å². The van der Waals surface area contributed by atoms with Crippen LogP contribution < -0.4 is 5.32 Å². The molecule has 0 spiro atoms. The van der Waals surface area contributed by atoms with Crippen molar-refractivity contribution in [1.82, 2.24) is 30.0 Å². The summed E-state index contributed by atoms with van der Waals surface area (Å²) >= 11 is 1.52. The van der Waals surface area contributed by atoms with Gasteiger partial charge in [-0.1, -0.05) is 18.2 Å². The number of hydrogen-bond acceptors (Lipinski definition) is 7. The number of aryl methyl sites for hydroxylation is 1. The Morgan fingerprint density at radius 2 is 1.97 bits per heavy atom. The fraction of sp³-hybridized carbons (Fsp3) is 0.308. The Bertz CT molecular complexity index is 1440. The SMILES string of the molecule is O=C(NCCCC(=O)C1CCc2nc(-c3cnccn3)sc2C1)c1cn(-c2ccccc2)nc1C(F)(F)F. The molecule has 1 aromatic carbocycles. The number of para-hydroxylation sites is 1. The number of fused-ring (bicyclic) bond motifs is 1. The highest BCUT2D eigenvalue weighted by molar-refractivity contribution is 7.15. The monoisotopic (exact) mass is 540 g/mol. The summed E-state index contributed by atoms with van der Waals surface area (Å²) in [6.45, 7) is 0.0771. The lowest BCUT2D eigenvalue weighted by Gasteiger charge is -2.19. The first-order chi connectivity index (χ1) is 18.3. The van der Waals surface area contributed by atoms with Gasteiger partial charge in [-0.3, -0.25) is 19.6 Å². The molecule has 0 bridgehead atoms. The van der Waals surface area contributed by atoms with E-state index in [0.29, 0.717) is 37.1 Å². The van der Waals surface area contributed by atoms with Crippen molar-refractivity contribution in [1.29, 1.82) is 0 Å². The summed E-state index contributed by atoms with van der Waals surface area (Å²) < 4.78 is 41.6. The van der Waals surface area contributed by atoms with Crippen LogP contribution >= 0.6 is 11.3 Å². The molecule has 4 aromatic rings. The van der Waals surface area contributed by atoms with E-state index in [9.17, 15) is 22.8 Å². The zero-order valence-corrected chi connectivity index (χ0v) is 20.9. The standard InChI is InChI=1S/C26H23F3N6O2S/c27-26(28,29)23-18(15-35(34-23)17-5-2-1-3-6-17)24(37)32-10-4-7-21(36)16-8-9-19-22(13-16)38-25(33-19)20-14-30-11-12-31-20/h1-3,5-6,11-12,14-16H,4,7-10,13H2,(H,32,37). The molecule has 1 N–H and O–H groups in total. The molecule has 0 saturated carbocycles. The number of alkyl halides is 3. The van der Waals surface area contributed by atoms with E-state index in [1.54, 1.807) is 48.9 Å². The summed E-state index contributed by atoms with van der Waals surface area (Å²) in [6.07, 6.45) is 3.70. The molecule has 3 heterocycles. The van der Waals surface area contributed by atoms with Crippen LogP contribution in [0.1, 0.15) is 45.9 Å². The van der Waals surface area contributed by atoms with Crippen LogP contribution in [0.4, 0.5) is 13.2 Å². The highest BCUT2D eigenvalue weighted by Gasteiger charge is 2.39. The van der Waals surface area contributed by atoms with E-state index >= 15 is 0 Å². The highest BCUT2D eigenvalue weighted by Crippen LogP contribution is 2.35. The highest BCUT2D eigenvalue weighted by atomic mass is 32.1. The number of benzene rings is 1. The largest absolute Gasteiger partial charge is 0.435 e. The number of hydrogen-bond donors (Lipinski definition) is 1. The van der Waals surface area contributed by atoms with Gasteiger partial charge in [0.15, 0.2) is 5.69 Å². The number of thiazole rings is 1. The van der Waals surface area contributed by atoms with Gasteiger partial charge in [-0.15, -0.1) is 11.3 Å². The molecule has 1 aliphatic carbocycles. The van der Waals surface area contributed by atoms with Gasteiger partial charge in [0.1, 0.15) is 16.5 Å². The zero-order chi connectivity index (χ0) is 26.7. The van der Waals surface area contributed by atoms with Gasteiger partial charge < -0.3 is 5.32 Å². The molecular formula is C26H23F3N6O2S. The molecule has 1 unspecified atom stereocenters. The second-order valence-corrected chi connectivity index (χ2v) is 10.00. The molecule has 196 valence electrons. The minimum Gasteiger partial charge on any atom is -0.352 e. The lowest BCUT2D eigenvalue weighted by Crippen LogP contribution is -2.28. The predicted molar refractivity (Wildman–Crippen MR) is 134 cm³/mol. The fourth-order valence-electron chi connectivity index (χ4n) is 4.40. The van der Waals surface area contributed by atoms with Crippen LogP contribution in [0.15, 0.2) is 55.1 Å². The van der Waals surface area contributed by atoms with Crippen LogP contribution in [0.5, 0.6) is 0 Å². The topological polar surface area (TPSA) is 103 Å². The number of nitrogens with zero attached hydrogens (tertiary/aromatic N) is 5. The first-order valence-corrected chi connectivity index (χ1v) is 12.9. The maximum absolute atomic E-state index is 13.5. The van der Waals surface area contributed by atoms with E-state index in [2.05, 4.69) is 25.4 Å². The Kier molecular flexibility index (Phi) is 7.32. The normalized spacial score (nSPS) is 15.2. The summed E-state index contributed by atoms with van der Waals surface area (Å²) in [5, 5.41) is 6.89. The van der Waals surface area contributed by atoms with Gasteiger partial charge >= 0.3 is 6.18 Å². The number of carbonyl (C=O) groups excluding carboxylic acids is 2. The van der Waals surface area contributed by atoms with E-state index in [1.807, 2.05) is 0 Å². The maximum Gasteiger partial charge on any atom is 0.435 e. The summed E-state index contributed by atoms with van der Waals surface area (Å²) in [7, 11) is 0. The molecule has 1 atom stereocenters. The molecule has 0 saturated heterocycles. The maximum atomic E-state index is 13.5. The predicted octanol–water partition coefficient (Wildman–Crippen LogP) is 4.69. The summed E-state index contributed by atoms with van der Waals surface area (Å²) in [5.41, 5.74) is 0.287. The van der Waals surface area contributed by atoms with Gasteiger partial charge in [0, 0.05) is 42.4 Å². The first-order valence-electron chi connectivity index (χ1n) is 12.1. The number of aromatic nitrogens is 5. The Morgan fingerprint density at radius 1 is 1.16 bits per heavy atom. The molecule has 12 heteroatoms. The minimum atomic E-state index is -4.79. The van der Waals surface area contributed by atoms with E-state index in [-0.39, 0.29) is 24.7 Å². The van der Waals surface area contributed by atoms with Crippen molar-refractivity contribution in [2.24, 2.45) is 5.92 Å². The Hall–Kier alpha value is -3.93. The lowest BCUT2D eigenvalue weighted by atomic mass is 9.86. The molecule has 0 radical (unpaired) electrons. The molecule has 5 rings (SSSR count). The second kappa shape index (κ2) is 10.8. The van der Waals surface area contributed by atoms with Crippen molar-refractivity contribution in [3.05, 3.63) is 76.9 Å². The second-order valence-electron chi connectivity index (χ2n) is 8.91. The minimum absolute atomic E-state index is 0.0761. The Balaban J connectivity index is 1.15. The van der Waals surface area contributed by atoms with Gasteiger partial charge in [-0.25, -0.2) is 9.67 Å². The molecule has 3 aromatic heterocycles. The quantitative estimate of drug-likeness (QED) is 0.326. The van der Waals surface area contributed by atoms with E-state index in [0.717, 1.165) is 26.5 Å². The van der Waals surface area contributed by atoms with Gasteiger partial charge in [-0.2, -0.15) is 18.3 Å².